The molecule has 6 rings (SSSR count). The van der Waals surface area contributed by atoms with Gasteiger partial charge in [-0.3, -0.25) is 0 Å². The summed E-state index contributed by atoms with van der Waals surface area (Å²) >= 11 is 10.7. The van der Waals surface area contributed by atoms with E-state index >= 15 is 0 Å². The van der Waals surface area contributed by atoms with Crippen LogP contribution in [0.25, 0.3) is 44.5 Å². The van der Waals surface area contributed by atoms with Gasteiger partial charge in [0.05, 0.1) is 28.4 Å². The molecule has 0 aliphatic rings. The number of rotatable bonds is 12. The monoisotopic (exact) mass is 1030 g/mol. The molecule has 6 aromatic rings. The van der Waals surface area contributed by atoms with Crippen molar-refractivity contribution in [3.05, 3.63) is 145 Å². The molecule has 288 valence electrons. The molecule has 0 amide bonds. The van der Waals surface area contributed by atoms with E-state index in [1.807, 2.05) is 84.9 Å². The fourth-order valence-corrected chi connectivity index (χ4v) is 6.10. The Labute approximate surface area is 355 Å². The quantitative estimate of drug-likeness (QED) is 0.0938. The van der Waals surface area contributed by atoms with Crippen LogP contribution in [0.1, 0.15) is 11.1 Å². The van der Waals surface area contributed by atoms with Crippen LogP contribution < -0.4 is 30.4 Å². The molecule has 0 unspecified atom stereocenters. The number of hydrogen-bond donors (Lipinski definition) is 2. The van der Waals surface area contributed by atoms with Gasteiger partial charge in [0.2, 0.25) is 0 Å². The van der Waals surface area contributed by atoms with Gasteiger partial charge in [-0.05, 0) is 72.5 Å². The van der Waals surface area contributed by atoms with Crippen LogP contribution >= 0.6 is 26.9 Å². The Hall–Kier alpha value is -3.28. The van der Waals surface area contributed by atoms with Crippen molar-refractivity contribution in [3.8, 4) is 67.5 Å². The van der Waals surface area contributed by atoms with Gasteiger partial charge in [-0.2, -0.15) is 0 Å². The number of methoxy groups -OCH3 is 4. The van der Waals surface area contributed by atoms with E-state index < -0.39 is 0 Å². The summed E-state index contributed by atoms with van der Waals surface area (Å²) in [5.41, 5.74) is 22.8. The summed E-state index contributed by atoms with van der Waals surface area (Å²) in [6, 6.07) is 47.4. The van der Waals surface area contributed by atoms with Crippen LogP contribution in [-0.2, 0) is 47.2 Å². The van der Waals surface area contributed by atoms with E-state index in [2.05, 4.69) is 110 Å². The Kier molecular flexibility index (Phi) is 20.9. The maximum atomic E-state index is 5.84. The molecule has 0 saturated heterocycles. The van der Waals surface area contributed by atoms with Crippen LogP contribution in [0.2, 0.25) is 0 Å². The van der Waals surface area contributed by atoms with Crippen molar-refractivity contribution >= 4 is 26.9 Å². The molecule has 0 aromatic heterocycles. The van der Waals surface area contributed by atoms with Crippen LogP contribution in [0, 0.1) is 12.1 Å². The van der Waals surface area contributed by atoms with Crippen molar-refractivity contribution in [3.63, 3.8) is 0 Å². The van der Waals surface area contributed by atoms with E-state index in [9.17, 15) is 0 Å². The van der Waals surface area contributed by atoms with Crippen LogP contribution in [0.4, 0.5) is 0 Å². The number of ether oxygens (including phenoxy) is 4. The van der Waals surface area contributed by atoms with E-state index in [0.717, 1.165) is 80.0 Å². The summed E-state index contributed by atoms with van der Waals surface area (Å²) in [7, 11) is 6.61. The van der Waals surface area contributed by atoms with Crippen molar-refractivity contribution in [2.45, 2.75) is 12.8 Å². The SMILES string of the molecule is COc1cc(CCN)c(-c2ccccc2-c2[c-]cccc2)cc1OC.COc1cc(CCN)c(-c2ccccc2-c2[c-]cccc2)cc1OC.[Br][Pd+].[Br][Pd+]. The predicted molar refractivity (Wildman–Crippen MR) is 222 cm³/mol. The van der Waals surface area contributed by atoms with Crippen LogP contribution in [0.5, 0.6) is 23.0 Å². The molecular weight excluding hydrogens is 993 g/mol. The van der Waals surface area contributed by atoms with Gasteiger partial charge in [0, 0.05) is 0 Å². The first-order valence-electron chi connectivity index (χ1n) is 16.8. The van der Waals surface area contributed by atoms with Gasteiger partial charge in [0.1, 0.15) is 0 Å². The molecule has 0 spiro atoms. The summed E-state index contributed by atoms with van der Waals surface area (Å²) < 4.78 is 21.9. The molecule has 6 nitrogen and oxygen atoms in total. The molecular formula is C44H44Br2N2O4Pd2. The summed E-state index contributed by atoms with van der Waals surface area (Å²) in [5, 5.41) is 0. The van der Waals surface area contributed by atoms with Gasteiger partial charge < -0.3 is 30.4 Å². The van der Waals surface area contributed by atoms with E-state index in [4.69, 9.17) is 30.4 Å². The third-order valence-corrected chi connectivity index (χ3v) is 8.48. The normalized spacial score (nSPS) is 10.0. The fourth-order valence-electron chi connectivity index (χ4n) is 6.10. The van der Waals surface area contributed by atoms with E-state index in [1.54, 1.807) is 28.4 Å². The van der Waals surface area contributed by atoms with Gasteiger partial charge in [-0.15, -0.1) is 71.8 Å². The zero-order chi connectivity index (χ0) is 39.3. The maximum absolute atomic E-state index is 5.84. The second-order valence-electron chi connectivity index (χ2n) is 11.4. The van der Waals surface area contributed by atoms with Crippen molar-refractivity contribution < 1.29 is 53.3 Å². The van der Waals surface area contributed by atoms with E-state index in [-0.39, 0.29) is 0 Å². The first-order valence-corrected chi connectivity index (χ1v) is 23.9. The standard InChI is InChI=1S/2C22H22NO2.2BrH.2Pd/c2*1-24-21-14-17(12-13-23)20(15-22(21)25-2)19-11-7-6-10-18(19)16-8-4-3-5-9-16;;;;/h2*3-8,10-11,14-15H,12-13,23H2,1-2H3;2*1H;;/q2*-1;;;2*+2/p-2. The fraction of sp³-hybridized carbons (Fsp3) is 0.182. The van der Waals surface area contributed by atoms with Crippen molar-refractivity contribution in [1.29, 1.82) is 0 Å². The summed E-state index contributed by atoms with van der Waals surface area (Å²) in [4.78, 5) is 0. The predicted octanol–water partition coefficient (Wildman–Crippen LogP) is 10.4. The minimum atomic E-state index is 0.572. The number of halogens is 2. The van der Waals surface area contributed by atoms with Crippen molar-refractivity contribution in [1.82, 2.24) is 0 Å². The molecule has 0 bridgehead atoms. The Morgan fingerprint density at radius 2 is 0.759 bits per heavy atom. The Morgan fingerprint density at radius 1 is 0.444 bits per heavy atom. The average molecular weight is 1040 g/mol. The Bertz CT molecular complexity index is 1860. The molecule has 54 heavy (non-hydrogen) atoms. The third kappa shape index (κ3) is 11.9. The number of hydrogen-bond acceptors (Lipinski definition) is 6. The topological polar surface area (TPSA) is 89.0 Å². The minimum absolute atomic E-state index is 0.572. The zero-order valence-corrected chi connectivity index (χ0v) is 36.8. The molecule has 0 heterocycles. The van der Waals surface area contributed by atoms with Gasteiger partial charge in [0.15, 0.2) is 23.0 Å². The average Bonchev–Trinajstić information content (AvgIpc) is 3.25. The molecule has 0 radical (unpaired) electrons. The summed E-state index contributed by atoms with van der Waals surface area (Å²) in [5.74, 6) is 2.87. The molecule has 4 N–H and O–H groups in total. The summed E-state index contributed by atoms with van der Waals surface area (Å²) in [6.07, 6.45) is 1.53. The Morgan fingerprint density at radius 3 is 1.06 bits per heavy atom. The van der Waals surface area contributed by atoms with Gasteiger partial charge in [-0.1, -0.05) is 70.8 Å². The second kappa shape index (κ2) is 25.0. The van der Waals surface area contributed by atoms with Gasteiger partial charge in [0.25, 0.3) is 0 Å². The van der Waals surface area contributed by atoms with Crippen molar-refractivity contribution in [2.75, 3.05) is 41.5 Å². The zero-order valence-electron chi connectivity index (χ0n) is 30.6. The van der Waals surface area contributed by atoms with Crippen LogP contribution in [-0.4, -0.2) is 41.5 Å². The van der Waals surface area contributed by atoms with Crippen LogP contribution in [0.15, 0.2) is 121 Å². The number of benzene rings is 6. The first-order chi connectivity index (χ1) is 26.6. The van der Waals surface area contributed by atoms with Crippen LogP contribution in [0.3, 0.4) is 0 Å². The first kappa shape index (κ1) is 45.1. The molecule has 0 fully saturated rings. The molecule has 0 atom stereocenters. The van der Waals surface area contributed by atoms with Crippen molar-refractivity contribution in [2.24, 2.45) is 11.5 Å². The molecule has 0 aliphatic heterocycles. The van der Waals surface area contributed by atoms with E-state index in [0.29, 0.717) is 24.6 Å². The Balaban J connectivity index is 0.000000266. The summed E-state index contributed by atoms with van der Waals surface area (Å²) in [6.45, 7) is 1.14. The molecule has 0 aliphatic carbocycles. The third-order valence-electron chi connectivity index (χ3n) is 8.48. The van der Waals surface area contributed by atoms with Gasteiger partial charge in [-0.25, -0.2) is 0 Å². The number of nitrogens with two attached hydrogens (primary N) is 2. The van der Waals surface area contributed by atoms with Gasteiger partial charge >= 0.3 is 61.2 Å². The second-order valence-corrected chi connectivity index (χ2v) is 11.4. The molecule has 10 heteroatoms. The molecule has 6 aromatic carbocycles. The van der Waals surface area contributed by atoms with E-state index in [1.165, 1.54) is 0 Å². The molecule has 0 saturated carbocycles.